The molecular formula is C28H30N4O2S. The van der Waals surface area contributed by atoms with Crippen molar-refractivity contribution < 1.29 is 9.52 Å². The molecule has 5 rings (SSSR count). The van der Waals surface area contributed by atoms with E-state index in [1.165, 1.54) is 0 Å². The van der Waals surface area contributed by atoms with Gasteiger partial charge in [0.05, 0.1) is 15.8 Å². The van der Waals surface area contributed by atoms with Gasteiger partial charge in [-0.3, -0.25) is 9.98 Å². The zero-order chi connectivity index (χ0) is 24.6. The van der Waals surface area contributed by atoms with Crippen molar-refractivity contribution in [3.63, 3.8) is 0 Å². The van der Waals surface area contributed by atoms with Crippen molar-refractivity contribution in [1.82, 2.24) is 9.97 Å². The summed E-state index contributed by atoms with van der Waals surface area (Å²) in [4.78, 5) is 16.5. The van der Waals surface area contributed by atoms with Crippen LogP contribution >= 0.6 is 11.3 Å². The van der Waals surface area contributed by atoms with Crippen LogP contribution in [0.5, 0.6) is 0 Å². The van der Waals surface area contributed by atoms with Gasteiger partial charge in [-0.05, 0) is 56.3 Å². The molecule has 0 aliphatic rings. The summed E-state index contributed by atoms with van der Waals surface area (Å²) in [6.07, 6.45) is 2.57. The highest BCUT2D eigenvalue weighted by Gasteiger charge is 2.13. The number of hydrogen-bond acceptors (Lipinski definition) is 7. The normalized spacial score (nSPS) is 11.5. The molecule has 0 amide bonds. The molecule has 7 heteroatoms. The Bertz CT molecular complexity index is 1420. The molecule has 35 heavy (non-hydrogen) atoms. The molecule has 0 fully saturated rings. The van der Waals surface area contributed by atoms with Crippen LogP contribution in [0.2, 0.25) is 0 Å². The first-order valence-corrected chi connectivity index (χ1v) is 12.6. The number of benzene rings is 2. The lowest BCUT2D eigenvalue weighted by Crippen LogP contribution is -2.21. The second-order valence-electron chi connectivity index (χ2n) is 7.80. The van der Waals surface area contributed by atoms with E-state index in [-0.39, 0.29) is 0 Å². The summed E-state index contributed by atoms with van der Waals surface area (Å²) in [7, 11) is 1.00. The van der Waals surface area contributed by atoms with Gasteiger partial charge in [0.1, 0.15) is 10.6 Å². The Morgan fingerprint density at radius 1 is 0.971 bits per heavy atom. The van der Waals surface area contributed by atoms with Gasteiger partial charge < -0.3 is 14.4 Å². The number of para-hydroxylation sites is 1. The highest BCUT2D eigenvalue weighted by Crippen LogP contribution is 2.31. The number of aliphatic hydroxyl groups is 1. The first-order chi connectivity index (χ1) is 17.2. The van der Waals surface area contributed by atoms with Gasteiger partial charge in [-0.2, -0.15) is 0 Å². The highest BCUT2D eigenvalue weighted by atomic mass is 32.1. The fraction of sp³-hybridized carbons (Fsp3) is 0.250. The van der Waals surface area contributed by atoms with Gasteiger partial charge in [0.25, 0.3) is 0 Å². The van der Waals surface area contributed by atoms with Crippen LogP contribution in [0.1, 0.15) is 19.5 Å². The topological polar surface area (TPSA) is 74.8 Å². The number of anilines is 1. The Hall–Kier alpha value is -3.55. The number of nitrogens with zero attached hydrogens (tertiary/aromatic N) is 4. The molecule has 3 heterocycles. The van der Waals surface area contributed by atoms with Crippen molar-refractivity contribution in [3.8, 4) is 10.6 Å². The lowest BCUT2D eigenvalue weighted by Gasteiger charge is -2.21. The van der Waals surface area contributed by atoms with Crippen LogP contribution < -0.4 is 10.5 Å². The Balaban J connectivity index is 0.00000141. The predicted octanol–water partition coefficient (Wildman–Crippen LogP) is 5.70. The summed E-state index contributed by atoms with van der Waals surface area (Å²) < 4.78 is 7.57. The minimum atomic E-state index is 0.597. The average molecular weight is 487 g/mol. The van der Waals surface area contributed by atoms with Gasteiger partial charge >= 0.3 is 0 Å². The SMILES string of the molecule is CCN(CC)c1ccc2cc(-c3nc4ccccc4s3)c(=NCCc3ccccn3)oc2c1.CO. The molecule has 5 aromatic rings. The molecule has 0 aliphatic heterocycles. The van der Waals surface area contributed by atoms with Gasteiger partial charge in [-0.1, -0.05) is 18.2 Å². The third-order valence-corrected chi connectivity index (χ3v) is 6.81. The smallest absolute Gasteiger partial charge is 0.225 e. The van der Waals surface area contributed by atoms with E-state index in [1.54, 1.807) is 11.3 Å². The fourth-order valence-electron chi connectivity index (χ4n) is 3.97. The Labute approximate surface area is 209 Å². The van der Waals surface area contributed by atoms with Crippen LogP contribution in [-0.2, 0) is 6.42 Å². The van der Waals surface area contributed by atoms with Crippen LogP contribution in [0.3, 0.4) is 0 Å². The molecule has 0 bridgehead atoms. The minimum Gasteiger partial charge on any atom is -0.438 e. The van der Waals surface area contributed by atoms with Gasteiger partial charge in [-0.25, -0.2) is 4.98 Å². The lowest BCUT2D eigenvalue weighted by atomic mass is 10.1. The van der Waals surface area contributed by atoms with Crippen LogP contribution in [0, 0.1) is 0 Å². The van der Waals surface area contributed by atoms with E-state index < -0.39 is 0 Å². The molecule has 3 aromatic heterocycles. The van der Waals surface area contributed by atoms with Crippen LogP contribution in [-0.4, -0.2) is 41.8 Å². The maximum atomic E-state index is 7.00. The van der Waals surface area contributed by atoms with Crippen LogP contribution in [0.4, 0.5) is 5.69 Å². The standard InChI is InChI=1S/C27H26N4OS.CH4O/c1-3-31(4-2)21-13-12-19-17-22(27-30-23-10-5-6-11-25(23)33-27)26(32-24(19)18-21)29-16-14-20-9-7-8-15-28-20;1-2/h5-13,15,17-18H,3-4,14,16H2,1-2H3;2H,1H3. The number of thiazole rings is 1. The maximum Gasteiger partial charge on any atom is 0.225 e. The van der Waals surface area contributed by atoms with E-state index in [2.05, 4.69) is 54.1 Å². The Kier molecular flexibility index (Phi) is 8.23. The second kappa shape index (κ2) is 11.7. The van der Waals surface area contributed by atoms with E-state index in [0.717, 1.165) is 69.8 Å². The fourth-order valence-corrected chi connectivity index (χ4v) is 4.94. The van der Waals surface area contributed by atoms with E-state index in [1.807, 2.05) is 42.6 Å². The quantitative estimate of drug-likeness (QED) is 0.319. The monoisotopic (exact) mass is 486 g/mol. The van der Waals surface area contributed by atoms with E-state index in [0.29, 0.717) is 12.1 Å². The number of aliphatic hydroxyl groups excluding tert-OH is 1. The number of fused-ring (bicyclic) bond motifs is 2. The third-order valence-electron chi connectivity index (χ3n) is 5.74. The molecular weight excluding hydrogens is 456 g/mol. The molecule has 1 N–H and O–H groups in total. The first kappa shape index (κ1) is 24.6. The zero-order valence-electron chi connectivity index (χ0n) is 20.3. The average Bonchev–Trinajstić information content (AvgIpc) is 3.35. The Morgan fingerprint density at radius 3 is 2.51 bits per heavy atom. The largest absolute Gasteiger partial charge is 0.438 e. The van der Waals surface area contributed by atoms with Crippen LogP contribution in [0.25, 0.3) is 31.8 Å². The van der Waals surface area contributed by atoms with Crippen molar-refractivity contribution >= 4 is 38.2 Å². The molecule has 0 spiro atoms. The van der Waals surface area contributed by atoms with Gasteiger partial charge in [0.2, 0.25) is 5.55 Å². The summed E-state index contributed by atoms with van der Waals surface area (Å²) in [6.45, 7) is 6.83. The van der Waals surface area contributed by atoms with Gasteiger partial charge in [0.15, 0.2) is 0 Å². The summed E-state index contributed by atoms with van der Waals surface area (Å²) in [6, 6.07) is 22.7. The van der Waals surface area contributed by atoms with E-state index in [9.17, 15) is 0 Å². The molecule has 0 aliphatic carbocycles. The second-order valence-corrected chi connectivity index (χ2v) is 8.83. The first-order valence-electron chi connectivity index (χ1n) is 11.8. The van der Waals surface area contributed by atoms with Gasteiger partial charge in [-0.15, -0.1) is 11.3 Å². The molecule has 0 radical (unpaired) electrons. The molecule has 0 saturated heterocycles. The van der Waals surface area contributed by atoms with Crippen molar-refractivity contribution in [2.75, 3.05) is 31.6 Å². The molecule has 0 saturated carbocycles. The van der Waals surface area contributed by atoms with Crippen molar-refractivity contribution in [1.29, 1.82) is 0 Å². The van der Waals surface area contributed by atoms with Gasteiger partial charge in [0, 0.05) is 62.2 Å². The van der Waals surface area contributed by atoms with E-state index >= 15 is 0 Å². The molecule has 6 nitrogen and oxygen atoms in total. The third kappa shape index (κ3) is 5.58. The number of rotatable bonds is 7. The Morgan fingerprint density at radius 2 is 1.77 bits per heavy atom. The lowest BCUT2D eigenvalue weighted by molar-refractivity contribution is 0.399. The summed E-state index contributed by atoms with van der Waals surface area (Å²) >= 11 is 1.67. The number of hydrogen-bond donors (Lipinski definition) is 1. The predicted molar refractivity (Wildman–Crippen MR) is 145 cm³/mol. The zero-order valence-corrected chi connectivity index (χ0v) is 21.1. The highest BCUT2D eigenvalue weighted by molar-refractivity contribution is 7.21. The maximum absolute atomic E-state index is 7.00. The minimum absolute atomic E-state index is 0.597. The number of aromatic nitrogens is 2. The van der Waals surface area contributed by atoms with Crippen molar-refractivity contribution in [2.45, 2.75) is 20.3 Å². The summed E-state index contributed by atoms with van der Waals surface area (Å²) in [5.41, 5.74) is 5.56. The van der Waals surface area contributed by atoms with Crippen molar-refractivity contribution in [2.24, 2.45) is 4.99 Å². The molecule has 180 valence electrons. The van der Waals surface area contributed by atoms with Crippen molar-refractivity contribution in [3.05, 3.63) is 84.2 Å². The molecule has 2 aromatic carbocycles. The molecule has 0 unspecified atom stereocenters. The summed E-state index contributed by atoms with van der Waals surface area (Å²) in [5, 5.41) is 8.97. The molecule has 0 atom stereocenters. The number of pyridine rings is 1. The summed E-state index contributed by atoms with van der Waals surface area (Å²) in [5.74, 6) is 0. The van der Waals surface area contributed by atoms with Crippen LogP contribution in [0.15, 0.2) is 82.3 Å². The van der Waals surface area contributed by atoms with E-state index in [4.69, 9.17) is 19.5 Å².